The van der Waals surface area contributed by atoms with Crippen LogP contribution in [0.2, 0.25) is 0 Å². The molecule has 0 fully saturated rings. The highest BCUT2D eigenvalue weighted by Gasteiger charge is 2.29. The fourth-order valence-electron chi connectivity index (χ4n) is 3.05. The van der Waals surface area contributed by atoms with Crippen molar-refractivity contribution in [1.29, 1.82) is 5.26 Å². The van der Waals surface area contributed by atoms with E-state index in [0.29, 0.717) is 17.0 Å². The lowest BCUT2D eigenvalue weighted by Crippen LogP contribution is -2.38. The molecule has 0 radical (unpaired) electrons. The van der Waals surface area contributed by atoms with Crippen LogP contribution in [0.5, 0.6) is 11.5 Å². The second-order valence-corrected chi connectivity index (χ2v) is 6.39. The number of carbonyl (C=O) groups excluding carboxylic acids is 1. The van der Waals surface area contributed by atoms with Crippen molar-refractivity contribution in [2.75, 3.05) is 13.2 Å². The molecule has 4 rings (SSSR count). The smallest absolute Gasteiger partial charge is 0.351 e. The number of nitrogens with zero attached hydrogens (tertiary/aromatic N) is 3. The Kier molecular flexibility index (Phi) is 4.79. The second-order valence-electron chi connectivity index (χ2n) is 6.39. The molecule has 0 amide bonds. The first kappa shape index (κ1) is 18.4. The van der Waals surface area contributed by atoms with Gasteiger partial charge in [0.05, 0.1) is 11.0 Å². The fraction of sp³-hybridized carbons (Fsp3) is 0.190. The molecular formula is C21H17N3O5. The van der Waals surface area contributed by atoms with Gasteiger partial charge < -0.3 is 23.9 Å². The van der Waals surface area contributed by atoms with E-state index in [9.17, 15) is 15.2 Å². The molecule has 0 spiro atoms. The number of ether oxygens (including phenoxy) is 3. The Labute approximate surface area is 166 Å². The maximum atomic E-state index is 12.3. The van der Waals surface area contributed by atoms with Crippen molar-refractivity contribution in [3.8, 4) is 17.6 Å². The molecule has 0 unspecified atom stereocenters. The molecule has 8 nitrogen and oxygen atoms in total. The van der Waals surface area contributed by atoms with E-state index in [1.807, 2.05) is 30.3 Å². The zero-order chi connectivity index (χ0) is 20.4. The van der Waals surface area contributed by atoms with Crippen LogP contribution in [0.4, 0.5) is 0 Å². The first-order valence-electron chi connectivity index (χ1n) is 8.87. The third-order valence-corrected chi connectivity index (χ3v) is 4.53. The van der Waals surface area contributed by atoms with Gasteiger partial charge >= 0.3 is 5.97 Å². The summed E-state index contributed by atoms with van der Waals surface area (Å²) in [6.45, 7) is -0.484. The normalized spacial score (nSPS) is 16.1. The van der Waals surface area contributed by atoms with Crippen molar-refractivity contribution in [3.63, 3.8) is 0 Å². The number of aliphatic hydroxyl groups is 1. The lowest BCUT2D eigenvalue weighted by atomic mass is 10.2. The number of para-hydroxylation sites is 4. The molecule has 0 bridgehead atoms. The van der Waals surface area contributed by atoms with Crippen LogP contribution in [0.25, 0.3) is 16.6 Å². The Bertz CT molecular complexity index is 1160. The van der Waals surface area contributed by atoms with Gasteiger partial charge in [-0.2, -0.15) is 5.26 Å². The van der Waals surface area contributed by atoms with E-state index in [4.69, 9.17) is 14.2 Å². The number of benzene rings is 2. The minimum Gasteiger partial charge on any atom is -0.507 e. The summed E-state index contributed by atoms with van der Waals surface area (Å²) in [5, 5.41) is 19.9. The summed E-state index contributed by atoms with van der Waals surface area (Å²) in [5.74, 6) is 0.184. The Balaban J connectivity index is 1.49. The summed E-state index contributed by atoms with van der Waals surface area (Å²) in [6.07, 6.45) is -0.959. The van der Waals surface area contributed by atoms with E-state index < -0.39 is 24.4 Å². The van der Waals surface area contributed by atoms with Crippen molar-refractivity contribution < 1.29 is 24.1 Å². The topological polar surface area (TPSA) is 107 Å². The molecule has 0 aliphatic carbocycles. The lowest BCUT2D eigenvalue weighted by molar-refractivity contribution is -0.154. The molecule has 8 heteroatoms. The van der Waals surface area contributed by atoms with Gasteiger partial charge in [0.25, 0.3) is 0 Å². The molecule has 146 valence electrons. The molecule has 0 saturated carbocycles. The number of hydrogen-bond acceptors (Lipinski definition) is 7. The maximum Gasteiger partial charge on any atom is 0.351 e. The van der Waals surface area contributed by atoms with Crippen molar-refractivity contribution in [1.82, 2.24) is 9.55 Å². The zero-order valence-corrected chi connectivity index (χ0v) is 15.5. The van der Waals surface area contributed by atoms with Gasteiger partial charge in [-0.05, 0) is 24.3 Å². The number of fused-ring (bicyclic) bond motifs is 2. The summed E-state index contributed by atoms with van der Waals surface area (Å²) >= 11 is 0. The number of rotatable bonds is 4. The summed E-state index contributed by atoms with van der Waals surface area (Å²) in [4.78, 5) is 16.7. The molecular weight excluding hydrogens is 374 g/mol. The van der Waals surface area contributed by atoms with Crippen molar-refractivity contribution >= 4 is 22.6 Å². The zero-order valence-electron chi connectivity index (χ0n) is 15.5. The van der Waals surface area contributed by atoms with Gasteiger partial charge in [-0.15, -0.1) is 0 Å². The number of aromatic nitrogens is 2. The van der Waals surface area contributed by atoms with Crippen LogP contribution in [0.1, 0.15) is 5.82 Å². The molecule has 1 N–H and O–H groups in total. The largest absolute Gasteiger partial charge is 0.507 e. The quantitative estimate of drug-likeness (QED) is 0.414. The van der Waals surface area contributed by atoms with E-state index >= 15 is 0 Å². The molecule has 1 aromatic heterocycles. The Hall–Kier alpha value is -3.99. The van der Waals surface area contributed by atoms with Crippen molar-refractivity contribution in [2.24, 2.45) is 7.05 Å². The van der Waals surface area contributed by atoms with E-state index in [2.05, 4.69) is 4.98 Å². The average molecular weight is 391 g/mol. The first-order valence-corrected chi connectivity index (χ1v) is 8.87. The van der Waals surface area contributed by atoms with Gasteiger partial charge in [0.2, 0.25) is 6.10 Å². The van der Waals surface area contributed by atoms with E-state index in [0.717, 1.165) is 5.52 Å². The van der Waals surface area contributed by atoms with Gasteiger partial charge in [0.1, 0.15) is 24.9 Å². The molecule has 2 aromatic carbocycles. The number of nitriles is 1. The predicted octanol–water partition coefficient (Wildman–Crippen LogP) is 2.75. The standard InChI is InChI=1S/C21H17N3O5/c1-24-15-7-3-2-6-14(15)23-20(24)13(10-22)16(25)11-28-21(26)19-12-27-17-8-4-5-9-18(17)29-19/h2-9,19,25H,11-12H2,1H3/b16-13-/t19-/m1/s1. The van der Waals surface area contributed by atoms with Gasteiger partial charge in [-0.3, -0.25) is 0 Å². The van der Waals surface area contributed by atoms with Crippen molar-refractivity contribution in [2.45, 2.75) is 6.10 Å². The van der Waals surface area contributed by atoms with E-state index in [-0.39, 0.29) is 18.0 Å². The number of aliphatic hydroxyl groups excluding tert-OH is 1. The van der Waals surface area contributed by atoms with Gasteiger partial charge in [0.15, 0.2) is 23.1 Å². The minimum atomic E-state index is -0.959. The molecule has 2 heterocycles. The number of carbonyl (C=O) groups is 1. The van der Waals surface area contributed by atoms with Crippen LogP contribution in [-0.2, 0) is 16.6 Å². The third kappa shape index (κ3) is 3.46. The summed E-state index contributed by atoms with van der Waals surface area (Å²) in [6, 6.07) is 16.3. The van der Waals surface area contributed by atoms with Crippen LogP contribution >= 0.6 is 0 Å². The number of allylic oxidation sites excluding steroid dienone is 1. The second kappa shape index (κ2) is 7.56. The highest BCUT2D eigenvalue weighted by atomic mass is 16.6. The number of hydrogen-bond donors (Lipinski definition) is 1. The summed E-state index contributed by atoms with van der Waals surface area (Å²) in [5.41, 5.74) is 1.43. The van der Waals surface area contributed by atoms with E-state index in [1.54, 1.807) is 35.9 Å². The van der Waals surface area contributed by atoms with Gasteiger partial charge in [0, 0.05) is 7.05 Å². The molecule has 1 atom stereocenters. The number of imidazole rings is 1. The molecule has 3 aromatic rings. The van der Waals surface area contributed by atoms with Crippen LogP contribution in [0.3, 0.4) is 0 Å². The van der Waals surface area contributed by atoms with E-state index in [1.165, 1.54) is 0 Å². The third-order valence-electron chi connectivity index (χ3n) is 4.53. The van der Waals surface area contributed by atoms with Crippen LogP contribution in [0, 0.1) is 11.3 Å². The highest BCUT2D eigenvalue weighted by molar-refractivity contribution is 5.84. The molecule has 29 heavy (non-hydrogen) atoms. The van der Waals surface area contributed by atoms with Crippen LogP contribution in [-0.4, -0.2) is 39.9 Å². The van der Waals surface area contributed by atoms with Crippen molar-refractivity contribution in [3.05, 3.63) is 60.1 Å². The highest BCUT2D eigenvalue weighted by Crippen LogP contribution is 2.31. The molecule has 1 aliphatic heterocycles. The predicted molar refractivity (Wildman–Crippen MR) is 103 cm³/mol. The average Bonchev–Trinajstić information content (AvgIpc) is 3.08. The summed E-state index contributed by atoms with van der Waals surface area (Å²) < 4.78 is 17.9. The SMILES string of the molecule is Cn1c(/C(C#N)=C(\O)COC(=O)[C@H]2COc3ccccc3O2)nc2ccccc21. The van der Waals surface area contributed by atoms with Gasteiger partial charge in [-0.1, -0.05) is 24.3 Å². The molecule has 1 aliphatic rings. The first-order chi connectivity index (χ1) is 14.1. The number of esters is 1. The fourth-order valence-corrected chi connectivity index (χ4v) is 3.05. The minimum absolute atomic E-state index is 0.00378. The van der Waals surface area contributed by atoms with Crippen LogP contribution in [0.15, 0.2) is 54.3 Å². The monoisotopic (exact) mass is 391 g/mol. The Morgan fingerprint density at radius 1 is 1.28 bits per heavy atom. The summed E-state index contributed by atoms with van der Waals surface area (Å²) in [7, 11) is 1.74. The van der Waals surface area contributed by atoms with Crippen LogP contribution < -0.4 is 9.47 Å². The maximum absolute atomic E-state index is 12.3. The Morgan fingerprint density at radius 3 is 2.76 bits per heavy atom. The lowest BCUT2D eigenvalue weighted by Gasteiger charge is -2.24. The number of aryl methyl sites for hydroxylation is 1. The molecule has 0 saturated heterocycles. The van der Waals surface area contributed by atoms with Gasteiger partial charge in [-0.25, -0.2) is 9.78 Å². The Morgan fingerprint density at radius 2 is 2.00 bits per heavy atom.